The van der Waals surface area contributed by atoms with Gasteiger partial charge >= 0.3 is 0 Å². The lowest BCUT2D eigenvalue weighted by molar-refractivity contribution is -0.148. The zero-order chi connectivity index (χ0) is 46.3. The maximum atomic E-state index is 14.4. The van der Waals surface area contributed by atoms with E-state index in [0.29, 0.717) is 31.6 Å². The van der Waals surface area contributed by atoms with Crippen LogP contribution in [0.3, 0.4) is 0 Å². The van der Waals surface area contributed by atoms with Crippen LogP contribution in [-0.4, -0.2) is 129 Å². The Labute approximate surface area is 371 Å². The molecule has 0 unspecified atom stereocenters. The topological polar surface area (TPSA) is 176 Å². The highest BCUT2D eigenvalue weighted by atomic mass is 16.5. The molecule has 14 nitrogen and oxygen atoms in total. The third kappa shape index (κ3) is 14.5. The van der Waals surface area contributed by atoms with Crippen LogP contribution in [0.15, 0.2) is 54.6 Å². The molecule has 9 atom stereocenters. The Morgan fingerprint density at radius 1 is 0.823 bits per heavy atom. The van der Waals surface area contributed by atoms with Crippen molar-refractivity contribution in [3.05, 3.63) is 65.7 Å². The van der Waals surface area contributed by atoms with Gasteiger partial charge < -0.3 is 41.0 Å². The summed E-state index contributed by atoms with van der Waals surface area (Å²) in [7, 11) is 8.57. The molecule has 5 amide bonds. The number of benzene rings is 2. The van der Waals surface area contributed by atoms with Crippen molar-refractivity contribution >= 4 is 35.2 Å². The molecule has 0 radical (unpaired) electrons. The predicted molar refractivity (Wildman–Crippen MR) is 245 cm³/mol. The molecule has 1 aliphatic rings. The van der Waals surface area contributed by atoms with Crippen molar-refractivity contribution < 1.29 is 33.4 Å². The van der Waals surface area contributed by atoms with Crippen LogP contribution >= 0.6 is 0 Å². The first-order chi connectivity index (χ1) is 29.3. The normalized spacial score (nSPS) is 18.0. The van der Waals surface area contributed by atoms with Gasteiger partial charge in [-0.2, -0.15) is 0 Å². The summed E-state index contributed by atoms with van der Waals surface area (Å²) in [4.78, 5) is 74.9. The number of likely N-dealkylation sites (N-methyl/N-ethyl adjacent to an activating group) is 2. The Morgan fingerprint density at radius 3 is 2.02 bits per heavy atom. The second-order valence-electron chi connectivity index (χ2n) is 18.1. The van der Waals surface area contributed by atoms with Crippen LogP contribution in [0.25, 0.3) is 0 Å². The van der Waals surface area contributed by atoms with Crippen LogP contribution in [0.1, 0.15) is 91.7 Å². The molecule has 0 aromatic heterocycles. The van der Waals surface area contributed by atoms with Gasteiger partial charge in [0.1, 0.15) is 6.04 Å². The van der Waals surface area contributed by atoms with Crippen LogP contribution in [0.2, 0.25) is 0 Å². The second-order valence-corrected chi connectivity index (χ2v) is 18.1. The van der Waals surface area contributed by atoms with E-state index in [4.69, 9.17) is 15.2 Å². The first kappa shape index (κ1) is 51.8. The molecule has 0 saturated carbocycles. The number of amides is 5. The zero-order valence-electron chi connectivity index (χ0n) is 39.5. The Hall–Kier alpha value is -4.53. The summed E-state index contributed by atoms with van der Waals surface area (Å²) >= 11 is 0. The number of methoxy groups -OCH3 is 2. The number of nitrogens with one attached hydrogen (secondary N) is 3. The Morgan fingerprint density at radius 2 is 1.47 bits per heavy atom. The van der Waals surface area contributed by atoms with Crippen molar-refractivity contribution in [2.75, 3.05) is 47.6 Å². The minimum atomic E-state index is -0.775. The van der Waals surface area contributed by atoms with Crippen LogP contribution in [-0.2, 0) is 46.4 Å². The summed E-state index contributed by atoms with van der Waals surface area (Å²) in [5.74, 6) is -1.91. The first-order valence-electron chi connectivity index (χ1n) is 22.4. The number of nitrogens with zero attached hydrogens (tertiary/aromatic N) is 3. The van der Waals surface area contributed by atoms with E-state index < -0.39 is 42.3 Å². The van der Waals surface area contributed by atoms with Crippen LogP contribution in [0, 0.1) is 23.7 Å². The van der Waals surface area contributed by atoms with Gasteiger partial charge in [0.2, 0.25) is 29.5 Å². The van der Waals surface area contributed by atoms with E-state index in [-0.39, 0.29) is 66.2 Å². The van der Waals surface area contributed by atoms with Crippen molar-refractivity contribution in [2.24, 2.45) is 23.7 Å². The van der Waals surface area contributed by atoms with E-state index in [1.165, 1.54) is 0 Å². The van der Waals surface area contributed by atoms with Gasteiger partial charge in [-0.05, 0) is 74.4 Å². The molecule has 3 rings (SSSR count). The monoisotopic (exact) mass is 864 g/mol. The third-order valence-electron chi connectivity index (χ3n) is 12.5. The maximum Gasteiger partial charge on any atom is 0.245 e. The summed E-state index contributed by atoms with van der Waals surface area (Å²) < 4.78 is 12.1. The number of anilines is 1. The fraction of sp³-hybridized carbons (Fsp3) is 0.646. The number of hydrogen-bond donors (Lipinski definition) is 4. The quantitative estimate of drug-likeness (QED) is 0.110. The number of carbonyl (C=O) groups is 5. The average Bonchev–Trinajstić information content (AvgIpc) is 3.71. The van der Waals surface area contributed by atoms with Crippen molar-refractivity contribution in [2.45, 2.75) is 136 Å². The standard InChI is InChI=1S/C48H77N7O7/c1-13-32(6)44(54(10)48(60)42(30(2)3)52-47(59)43(31(4)5)53(8)9)39(61-11)28-41(57)55-25-17-20-38(55)45(62-12)33(7)46(58)51-37(26-34-18-15-14-16-19-34)27-40(56)50-29-35-21-23-36(49)24-22-35/h14-16,18-19,21-24,30-33,37-39,42-45H,13,17,20,25-29,49H2,1-12H3,(H,50,56)(H,51,58)(H,52,59)/t32-,33+,37-,38-,39+,42-,43-,44-,45+/m0/s1. The molecule has 62 heavy (non-hydrogen) atoms. The Bertz CT molecular complexity index is 1720. The lowest BCUT2D eigenvalue weighted by Crippen LogP contribution is -2.59. The summed E-state index contributed by atoms with van der Waals surface area (Å²) in [5.41, 5.74) is 8.36. The van der Waals surface area contributed by atoms with Gasteiger partial charge in [-0.15, -0.1) is 0 Å². The molecule has 1 fully saturated rings. The molecule has 1 heterocycles. The Kier molecular flexibility index (Phi) is 20.8. The van der Waals surface area contributed by atoms with E-state index in [9.17, 15) is 24.0 Å². The number of rotatable bonds is 24. The second kappa shape index (κ2) is 24.9. The molecule has 1 aliphatic heterocycles. The van der Waals surface area contributed by atoms with Gasteiger partial charge in [0.25, 0.3) is 0 Å². The molecule has 1 saturated heterocycles. The first-order valence-corrected chi connectivity index (χ1v) is 22.4. The maximum absolute atomic E-state index is 14.4. The van der Waals surface area contributed by atoms with Crippen LogP contribution in [0.5, 0.6) is 0 Å². The molecule has 0 bridgehead atoms. The van der Waals surface area contributed by atoms with Crippen molar-refractivity contribution in [3.63, 3.8) is 0 Å². The van der Waals surface area contributed by atoms with E-state index in [1.54, 1.807) is 50.1 Å². The summed E-state index contributed by atoms with van der Waals surface area (Å²) in [6.45, 7) is 14.5. The largest absolute Gasteiger partial charge is 0.399 e. The number of hydrogen-bond acceptors (Lipinski definition) is 9. The van der Waals surface area contributed by atoms with E-state index in [2.05, 4.69) is 16.0 Å². The lowest BCUT2D eigenvalue weighted by Gasteiger charge is -2.41. The molecule has 2 aromatic rings. The highest BCUT2D eigenvalue weighted by Gasteiger charge is 2.43. The number of ether oxygens (including phenoxy) is 2. The van der Waals surface area contributed by atoms with Gasteiger partial charge in [-0.3, -0.25) is 28.9 Å². The number of nitrogen functional groups attached to an aromatic ring is 1. The smallest absolute Gasteiger partial charge is 0.245 e. The van der Waals surface area contributed by atoms with Gasteiger partial charge in [0.15, 0.2) is 0 Å². The predicted octanol–water partition coefficient (Wildman–Crippen LogP) is 4.65. The van der Waals surface area contributed by atoms with Crippen molar-refractivity contribution in [3.8, 4) is 0 Å². The number of carbonyl (C=O) groups excluding carboxylic acids is 5. The molecule has 0 aliphatic carbocycles. The molecule has 346 valence electrons. The van der Waals surface area contributed by atoms with E-state index in [1.807, 2.05) is 103 Å². The zero-order valence-corrected chi connectivity index (χ0v) is 39.5. The van der Waals surface area contributed by atoms with Crippen LogP contribution < -0.4 is 21.7 Å². The lowest BCUT2D eigenvalue weighted by atomic mass is 9.89. The molecular formula is C48H77N7O7. The van der Waals surface area contributed by atoms with E-state index >= 15 is 0 Å². The third-order valence-corrected chi connectivity index (χ3v) is 12.5. The fourth-order valence-corrected chi connectivity index (χ4v) is 8.95. The molecule has 5 N–H and O–H groups in total. The molecular weight excluding hydrogens is 787 g/mol. The minimum absolute atomic E-state index is 0.00994. The minimum Gasteiger partial charge on any atom is -0.399 e. The van der Waals surface area contributed by atoms with E-state index in [0.717, 1.165) is 24.0 Å². The number of likely N-dealkylation sites (tertiary alicyclic amines) is 1. The highest BCUT2D eigenvalue weighted by molar-refractivity contribution is 5.90. The summed E-state index contributed by atoms with van der Waals surface area (Å²) in [6, 6.07) is 14.5. The SMILES string of the molecule is CC[C@H](C)[C@@H]([C@@H](CC(=O)N1CCC[C@H]1[C@H](OC)[C@@H](C)C(=O)N[C@H](CC(=O)NCc1ccc(N)cc1)Cc1ccccc1)OC)N(C)C(=O)[C@@H](NC(=O)[C@H](C(C)C)N(C)C)C(C)C. The molecule has 0 spiro atoms. The summed E-state index contributed by atoms with van der Waals surface area (Å²) in [5, 5.41) is 9.15. The van der Waals surface area contributed by atoms with Gasteiger partial charge in [0.05, 0.1) is 42.7 Å². The number of nitrogens with two attached hydrogens (primary N) is 1. The molecule has 2 aromatic carbocycles. The Balaban J connectivity index is 1.77. The van der Waals surface area contributed by atoms with Crippen LogP contribution in [0.4, 0.5) is 5.69 Å². The average molecular weight is 864 g/mol. The van der Waals surface area contributed by atoms with Gasteiger partial charge in [-0.25, -0.2) is 0 Å². The fourth-order valence-electron chi connectivity index (χ4n) is 8.95. The molecule has 14 heteroatoms. The summed E-state index contributed by atoms with van der Waals surface area (Å²) in [6.07, 6.45) is 1.37. The van der Waals surface area contributed by atoms with Gasteiger partial charge in [-0.1, -0.05) is 97.4 Å². The highest BCUT2D eigenvalue weighted by Crippen LogP contribution is 2.30. The van der Waals surface area contributed by atoms with Crippen molar-refractivity contribution in [1.82, 2.24) is 30.7 Å². The van der Waals surface area contributed by atoms with Gasteiger partial charge in [0, 0.05) is 52.5 Å². The van der Waals surface area contributed by atoms with Crippen molar-refractivity contribution in [1.29, 1.82) is 0 Å².